The Bertz CT molecular complexity index is 625. The lowest BCUT2D eigenvalue weighted by molar-refractivity contribution is -0.213. The van der Waals surface area contributed by atoms with Crippen molar-refractivity contribution in [3.8, 4) is 0 Å². The normalized spacial score (nSPS) is 55.6. The molecule has 3 heteroatoms. The first-order chi connectivity index (χ1) is 13.4. The average molecular weight is 387 g/mol. The highest BCUT2D eigenvalue weighted by Crippen LogP contribution is 2.64. The van der Waals surface area contributed by atoms with Crippen molar-refractivity contribution in [2.45, 2.75) is 108 Å². The minimum atomic E-state index is -0.417. The van der Waals surface area contributed by atoms with E-state index < -0.39 is 5.60 Å². The summed E-state index contributed by atoms with van der Waals surface area (Å²) in [6.45, 7) is 2.25. The quantitative estimate of drug-likeness (QED) is 0.657. The molecule has 0 spiro atoms. The van der Waals surface area contributed by atoms with Crippen LogP contribution < -0.4 is 0 Å². The van der Waals surface area contributed by atoms with Crippen LogP contribution >= 0.6 is 0 Å². The zero-order chi connectivity index (χ0) is 19.1. The molecule has 0 aromatic carbocycles. The largest absolute Gasteiger partial charge is 0.458 e. The van der Waals surface area contributed by atoms with Gasteiger partial charge in [-0.05, 0) is 124 Å². The monoisotopic (exact) mass is 386 g/mol. The molecule has 8 fully saturated rings. The summed E-state index contributed by atoms with van der Waals surface area (Å²) in [7, 11) is 0. The SMILES string of the molecule is CCC1(OC(=O)CCC23CC4CC(CC(O)(C4)C2)C3)C2CC3CC(C2)CC1C3. The number of rotatable bonds is 5. The summed E-state index contributed by atoms with van der Waals surface area (Å²) >= 11 is 0. The van der Waals surface area contributed by atoms with E-state index in [2.05, 4.69) is 6.92 Å². The van der Waals surface area contributed by atoms with Crippen molar-refractivity contribution in [3.63, 3.8) is 0 Å². The van der Waals surface area contributed by atoms with Crippen LogP contribution in [0.25, 0.3) is 0 Å². The number of esters is 1. The molecule has 28 heavy (non-hydrogen) atoms. The highest BCUT2D eigenvalue weighted by molar-refractivity contribution is 5.70. The van der Waals surface area contributed by atoms with E-state index in [-0.39, 0.29) is 17.0 Å². The van der Waals surface area contributed by atoms with E-state index >= 15 is 0 Å². The van der Waals surface area contributed by atoms with Gasteiger partial charge in [0, 0.05) is 6.42 Å². The van der Waals surface area contributed by atoms with Crippen molar-refractivity contribution in [2.75, 3.05) is 0 Å². The first-order valence-corrected chi connectivity index (χ1v) is 12.3. The fraction of sp³-hybridized carbons (Fsp3) is 0.960. The van der Waals surface area contributed by atoms with Crippen molar-refractivity contribution in [1.29, 1.82) is 0 Å². The number of aliphatic hydroxyl groups is 1. The third-order valence-electron chi connectivity index (χ3n) is 10.4. The lowest BCUT2D eigenvalue weighted by atomic mass is 9.47. The first kappa shape index (κ1) is 18.2. The van der Waals surface area contributed by atoms with Gasteiger partial charge in [-0.3, -0.25) is 4.79 Å². The molecule has 8 aliphatic carbocycles. The minimum absolute atomic E-state index is 0.0667. The second kappa shape index (κ2) is 5.99. The molecule has 0 aromatic rings. The smallest absolute Gasteiger partial charge is 0.306 e. The molecule has 0 aromatic heterocycles. The van der Waals surface area contributed by atoms with E-state index in [1.165, 1.54) is 51.4 Å². The van der Waals surface area contributed by atoms with Crippen LogP contribution in [-0.4, -0.2) is 22.3 Å². The number of carbonyl (C=O) groups is 1. The first-order valence-electron chi connectivity index (χ1n) is 12.3. The van der Waals surface area contributed by atoms with Crippen molar-refractivity contribution < 1.29 is 14.6 Å². The summed E-state index contributed by atoms with van der Waals surface area (Å²) in [5.41, 5.74) is -0.342. The summed E-state index contributed by atoms with van der Waals surface area (Å²) in [5, 5.41) is 11.0. The van der Waals surface area contributed by atoms with Crippen LogP contribution in [0.1, 0.15) is 96.8 Å². The van der Waals surface area contributed by atoms with Crippen LogP contribution in [-0.2, 0) is 9.53 Å². The van der Waals surface area contributed by atoms with Gasteiger partial charge in [0.25, 0.3) is 0 Å². The lowest BCUT2D eigenvalue weighted by Gasteiger charge is -2.61. The summed E-state index contributed by atoms with van der Waals surface area (Å²) in [6, 6.07) is 0. The molecule has 0 aliphatic heterocycles. The Morgan fingerprint density at radius 3 is 2.00 bits per heavy atom. The van der Waals surface area contributed by atoms with E-state index in [4.69, 9.17) is 4.74 Å². The maximum atomic E-state index is 13.1. The molecule has 156 valence electrons. The molecule has 3 nitrogen and oxygen atoms in total. The molecule has 1 N–H and O–H groups in total. The van der Waals surface area contributed by atoms with Gasteiger partial charge in [-0.25, -0.2) is 0 Å². The average Bonchev–Trinajstić information content (AvgIpc) is 2.61. The standard InChI is InChI=1S/C25H38O3/c1-2-25(20-7-16-5-17(9-20)10-21(25)8-16)28-22(26)3-4-23-11-18-6-19(12-23)14-24(27,13-18)15-23/h16-21,27H,2-15H2,1H3. The zero-order valence-electron chi connectivity index (χ0n) is 17.6. The van der Waals surface area contributed by atoms with Gasteiger partial charge in [-0.1, -0.05) is 6.92 Å². The van der Waals surface area contributed by atoms with E-state index in [9.17, 15) is 9.90 Å². The van der Waals surface area contributed by atoms with E-state index in [0.717, 1.165) is 43.9 Å². The molecule has 0 radical (unpaired) electrons. The van der Waals surface area contributed by atoms with E-state index in [1.54, 1.807) is 0 Å². The third-order valence-corrected chi connectivity index (χ3v) is 10.4. The van der Waals surface area contributed by atoms with Gasteiger partial charge in [-0.2, -0.15) is 0 Å². The highest BCUT2D eigenvalue weighted by atomic mass is 16.6. The van der Waals surface area contributed by atoms with Gasteiger partial charge >= 0.3 is 5.97 Å². The Hall–Kier alpha value is -0.570. The van der Waals surface area contributed by atoms with Crippen LogP contribution in [0, 0.1) is 40.9 Å². The number of hydrogen-bond donors (Lipinski definition) is 1. The van der Waals surface area contributed by atoms with Gasteiger partial charge in [0.15, 0.2) is 0 Å². The molecular formula is C25H38O3. The molecule has 8 rings (SSSR count). The summed E-state index contributed by atoms with van der Waals surface area (Å²) in [4.78, 5) is 13.1. The van der Waals surface area contributed by atoms with E-state index in [0.29, 0.717) is 30.1 Å². The molecule has 0 saturated heterocycles. The Labute approximate surface area is 170 Å². The third kappa shape index (κ3) is 2.67. The van der Waals surface area contributed by atoms with E-state index in [1.807, 2.05) is 0 Å². The molecule has 8 bridgehead atoms. The van der Waals surface area contributed by atoms with Crippen LogP contribution in [0.3, 0.4) is 0 Å². The molecule has 8 aliphatic rings. The maximum Gasteiger partial charge on any atom is 0.306 e. The molecule has 2 unspecified atom stereocenters. The van der Waals surface area contributed by atoms with Gasteiger partial charge in [0.1, 0.15) is 5.60 Å². The molecule has 8 saturated carbocycles. The van der Waals surface area contributed by atoms with Gasteiger partial charge in [0.2, 0.25) is 0 Å². The topological polar surface area (TPSA) is 46.5 Å². The predicted octanol–water partition coefficient (Wildman–Crippen LogP) is 5.25. The van der Waals surface area contributed by atoms with Crippen molar-refractivity contribution >= 4 is 5.97 Å². The summed E-state index contributed by atoms with van der Waals surface area (Å²) < 4.78 is 6.45. The highest BCUT2D eigenvalue weighted by Gasteiger charge is 2.59. The van der Waals surface area contributed by atoms with Gasteiger partial charge < -0.3 is 9.84 Å². The minimum Gasteiger partial charge on any atom is -0.458 e. The van der Waals surface area contributed by atoms with Gasteiger partial charge in [-0.15, -0.1) is 0 Å². The van der Waals surface area contributed by atoms with Crippen LogP contribution in [0.2, 0.25) is 0 Å². The maximum absolute atomic E-state index is 13.1. The fourth-order valence-electron chi connectivity index (χ4n) is 10.1. The van der Waals surface area contributed by atoms with Crippen molar-refractivity contribution in [2.24, 2.45) is 40.9 Å². The number of carbonyl (C=O) groups excluding carboxylic acids is 1. The van der Waals surface area contributed by atoms with Crippen molar-refractivity contribution in [1.82, 2.24) is 0 Å². The van der Waals surface area contributed by atoms with Crippen LogP contribution in [0.15, 0.2) is 0 Å². The Kier molecular flexibility index (Phi) is 3.90. The van der Waals surface area contributed by atoms with Gasteiger partial charge in [0.05, 0.1) is 5.60 Å². The number of ether oxygens (including phenoxy) is 1. The Balaban J connectivity index is 1.14. The summed E-state index contributed by atoms with van der Waals surface area (Å²) in [5.74, 6) is 4.54. The second-order valence-corrected chi connectivity index (χ2v) is 12.3. The molecule has 0 amide bonds. The second-order valence-electron chi connectivity index (χ2n) is 12.3. The number of hydrogen-bond acceptors (Lipinski definition) is 3. The Morgan fingerprint density at radius 2 is 1.46 bits per heavy atom. The lowest BCUT2D eigenvalue weighted by Crippen LogP contribution is -2.59. The molecule has 0 heterocycles. The van der Waals surface area contributed by atoms with Crippen LogP contribution in [0.4, 0.5) is 0 Å². The Morgan fingerprint density at radius 1 is 0.893 bits per heavy atom. The molecule has 2 atom stereocenters. The van der Waals surface area contributed by atoms with Crippen molar-refractivity contribution in [3.05, 3.63) is 0 Å². The predicted molar refractivity (Wildman–Crippen MR) is 107 cm³/mol. The molecular weight excluding hydrogens is 348 g/mol. The summed E-state index contributed by atoms with van der Waals surface area (Å²) in [6.07, 6.45) is 15.9. The van der Waals surface area contributed by atoms with Crippen LogP contribution in [0.5, 0.6) is 0 Å². The zero-order valence-corrected chi connectivity index (χ0v) is 17.6. The fourth-order valence-corrected chi connectivity index (χ4v) is 10.1.